The first kappa shape index (κ1) is 17.2. The lowest BCUT2D eigenvalue weighted by atomic mass is 9.88. The van der Waals surface area contributed by atoms with E-state index in [1.165, 1.54) is 0 Å². The zero-order valence-electron chi connectivity index (χ0n) is 13.4. The number of nitrogens with zero attached hydrogens (tertiary/aromatic N) is 1. The molecule has 4 heteroatoms. The maximum atomic E-state index is 12.8. The van der Waals surface area contributed by atoms with Gasteiger partial charge in [0.05, 0.1) is 17.2 Å². The van der Waals surface area contributed by atoms with Crippen molar-refractivity contribution in [2.24, 2.45) is 0 Å². The second kappa shape index (κ2) is 8.44. The summed E-state index contributed by atoms with van der Waals surface area (Å²) in [5, 5.41) is 0. The average Bonchev–Trinajstić information content (AvgIpc) is 2.62. The van der Waals surface area contributed by atoms with Crippen molar-refractivity contribution >= 4 is 22.0 Å². The summed E-state index contributed by atoms with van der Waals surface area (Å²) in [5.41, 5.74) is 1.91. The van der Waals surface area contributed by atoms with Crippen molar-refractivity contribution in [3.63, 3.8) is 0 Å². The van der Waals surface area contributed by atoms with Crippen LogP contribution in [0.5, 0.6) is 0 Å². The van der Waals surface area contributed by atoms with Crippen LogP contribution in [0.1, 0.15) is 30.9 Å². The van der Waals surface area contributed by atoms with Crippen molar-refractivity contribution in [2.45, 2.75) is 19.8 Å². The molecule has 0 atom stereocenters. The second-order valence-electron chi connectivity index (χ2n) is 5.18. The van der Waals surface area contributed by atoms with Crippen molar-refractivity contribution in [3.8, 4) is 0 Å². The maximum Gasteiger partial charge on any atom is 0.263 e. The molecule has 23 heavy (non-hydrogen) atoms. The van der Waals surface area contributed by atoms with E-state index in [1.54, 1.807) is 4.90 Å². The van der Waals surface area contributed by atoms with Crippen molar-refractivity contribution < 1.29 is 9.00 Å². The van der Waals surface area contributed by atoms with Gasteiger partial charge in [-0.25, -0.2) is 4.21 Å². The Bertz CT molecular complexity index is 650. The monoisotopic (exact) mass is 327 g/mol. The summed E-state index contributed by atoms with van der Waals surface area (Å²) in [6.45, 7) is 5.04. The zero-order chi connectivity index (χ0) is 16.7. The summed E-state index contributed by atoms with van der Waals surface area (Å²) in [4.78, 5) is 14.8. The van der Waals surface area contributed by atoms with Gasteiger partial charge in [-0.3, -0.25) is 4.79 Å². The fourth-order valence-electron chi connectivity index (χ4n) is 2.66. The molecule has 0 heterocycles. The van der Waals surface area contributed by atoms with Gasteiger partial charge in [-0.2, -0.15) is 0 Å². The smallest absolute Gasteiger partial charge is 0.263 e. The molecule has 0 aliphatic heterocycles. The van der Waals surface area contributed by atoms with Crippen LogP contribution in [0.2, 0.25) is 0 Å². The number of hydrogen-bond acceptors (Lipinski definition) is 2. The third-order valence-corrected chi connectivity index (χ3v) is 4.47. The Hall–Kier alpha value is -2.20. The van der Waals surface area contributed by atoms with E-state index in [-0.39, 0.29) is 11.8 Å². The highest BCUT2D eigenvalue weighted by Crippen LogP contribution is 2.26. The summed E-state index contributed by atoms with van der Waals surface area (Å²) in [6.07, 6.45) is 0. The van der Waals surface area contributed by atoms with E-state index in [9.17, 15) is 9.00 Å². The summed E-state index contributed by atoms with van der Waals surface area (Å²) >= 11 is 0.310. The molecule has 0 aromatic heterocycles. The van der Waals surface area contributed by atoms with E-state index in [4.69, 9.17) is 0 Å². The third kappa shape index (κ3) is 3.96. The molecule has 0 saturated heterocycles. The second-order valence-corrected chi connectivity index (χ2v) is 5.79. The molecule has 0 aliphatic carbocycles. The van der Waals surface area contributed by atoms with Gasteiger partial charge in [0.2, 0.25) is 0 Å². The first-order valence-electron chi connectivity index (χ1n) is 7.78. The topological polar surface area (TPSA) is 37.4 Å². The SMILES string of the molecule is CCN(CC)C(=O)C(=S=O)C(c1ccccc1)c1ccccc1. The molecule has 0 bridgehead atoms. The van der Waals surface area contributed by atoms with E-state index >= 15 is 0 Å². The normalized spacial score (nSPS) is 10.4. The first-order valence-corrected chi connectivity index (χ1v) is 8.52. The van der Waals surface area contributed by atoms with E-state index in [2.05, 4.69) is 0 Å². The molecule has 0 spiro atoms. The van der Waals surface area contributed by atoms with Crippen molar-refractivity contribution in [3.05, 3.63) is 71.8 Å². The first-order chi connectivity index (χ1) is 11.2. The molecular formula is C19H21NO2S. The van der Waals surface area contributed by atoms with Crippen LogP contribution in [0, 0.1) is 0 Å². The predicted molar refractivity (Wildman–Crippen MR) is 95.8 cm³/mol. The van der Waals surface area contributed by atoms with Gasteiger partial charge < -0.3 is 4.90 Å². The molecular weight excluding hydrogens is 306 g/mol. The molecule has 0 aliphatic rings. The summed E-state index contributed by atoms with van der Waals surface area (Å²) in [6, 6.07) is 19.4. The highest BCUT2D eigenvalue weighted by Gasteiger charge is 2.28. The fourth-order valence-corrected chi connectivity index (χ4v) is 3.23. The molecule has 0 radical (unpaired) electrons. The number of carbonyl (C=O) groups is 1. The van der Waals surface area contributed by atoms with E-state index in [1.807, 2.05) is 74.5 Å². The molecule has 0 saturated carbocycles. The van der Waals surface area contributed by atoms with Crippen LogP contribution in [0.4, 0.5) is 0 Å². The minimum Gasteiger partial charge on any atom is -0.339 e. The maximum absolute atomic E-state index is 12.8. The molecule has 2 aromatic rings. The highest BCUT2D eigenvalue weighted by molar-refractivity contribution is 7.68. The summed E-state index contributed by atoms with van der Waals surface area (Å²) in [7, 11) is 0. The average molecular weight is 327 g/mol. The minimum atomic E-state index is -0.326. The lowest BCUT2D eigenvalue weighted by Crippen LogP contribution is -2.39. The van der Waals surface area contributed by atoms with Crippen molar-refractivity contribution in [1.29, 1.82) is 0 Å². The number of benzene rings is 2. The molecule has 3 nitrogen and oxygen atoms in total. The minimum absolute atomic E-state index is 0.173. The van der Waals surface area contributed by atoms with Crippen molar-refractivity contribution in [1.82, 2.24) is 4.90 Å². The van der Waals surface area contributed by atoms with Crippen LogP contribution < -0.4 is 0 Å². The van der Waals surface area contributed by atoms with Crippen LogP contribution in [0.15, 0.2) is 60.7 Å². The lowest BCUT2D eigenvalue weighted by Gasteiger charge is -2.24. The largest absolute Gasteiger partial charge is 0.339 e. The Morgan fingerprint density at radius 2 is 1.35 bits per heavy atom. The number of hydrogen-bond donors (Lipinski definition) is 0. The van der Waals surface area contributed by atoms with Gasteiger partial charge in [0, 0.05) is 13.1 Å². The number of carbonyl (C=O) groups excluding carboxylic acids is 1. The fraction of sp³-hybridized carbons (Fsp3) is 0.263. The van der Waals surface area contributed by atoms with E-state index in [0.717, 1.165) is 11.1 Å². The Labute approximate surface area is 141 Å². The van der Waals surface area contributed by atoms with Gasteiger partial charge in [-0.15, -0.1) is 0 Å². The lowest BCUT2D eigenvalue weighted by molar-refractivity contribution is -0.123. The Balaban J connectivity index is 2.53. The standard InChI is InChI=1S/C19H21NO2S/c1-3-20(4-2)19(21)18(23-22)17(15-11-7-5-8-12-15)16-13-9-6-10-14-16/h5-14,17H,3-4H2,1-2H3. The van der Waals surface area contributed by atoms with Gasteiger partial charge in [-0.05, 0) is 25.0 Å². The van der Waals surface area contributed by atoms with Crippen molar-refractivity contribution in [2.75, 3.05) is 13.1 Å². The quantitative estimate of drug-likeness (QED) is 0.765. The van der Waals surface area contributed by atoms with Gasteiger partial charge in [0.1, 0.15) is 4.86 Å². The molecule has 2 rings (SSSR count). The van der Waals surface area contributed by atoms with Crippen LogP contribution in [-0.2, 0) is 16.1 Å². The van der Waals surface area contributed by atoms with Crippen LogP contribution in [0.3, 0.4) is 0 Å². The summed E-state index contributed by atoms with van der Waals surface area (Å²) < 4.78 is 11.8. The zero-order valence-corrected chi connectivity index (χ0v) is 14.3. The number of rotatable bonds is 6. The van der Waals surface area contributed by atoms with Gasteiger partial charge in [0.15, 0.2) is 0 Å². The van der Waals surface area contributed by atoms with Crippen LogP contribution in [-0.4, -0.2) is 33.0 Å². The van der Waals surface area contributed by atoms with E-state index < -0.39 is 0 Å². The Morgan fingerprint density at radius 3 is 1.70 bits per heavy atom. The Kier molecular flexibility index (Phi) is 6.29. The molecule has 120 valence electrons. The molecule has 0 unspecified atom stereocenters. The predicted octanol–water partition coefficient (Wildman–Crippen LogP) is 3.07. The van der Waals surface area contributed by atoms with Gasteiger partial charge in [0.25, 0.3) is 5.91 Å². The van der Waals surface area contributed by atoms with E-state index in [0.29, 0.717) is 29.2 Å². The van der Waals surface area contributed by atoms with Crippen LogP contribution >= 0.6 is 0 Å². The summed E-state index contributed by atoms with van der Waals surface area (Å²) in [5.74, 6) is -0.499. The van der Waals surface area contributed by atoms with Gasteiger partial charge in [-0.1, -0.05) is 60.7 Å². The molecule has 1 amide bonds. The van der Waals surface area contributed by atoms with Crippen LogP contribution in [0.25, 0.3) is 0 Å². The molecule has 0 fully saturated rings. The highest BCUT2D eigenvalue weighted by atomic mass is 32.1. The molecule has 2 aromatic carbocycles. The van der Waals surface area contributed by atoms with Gasteiger partial charge >= 0.3 is 0 Å². The number of amides is 1. The third-order valence-electron chi connectivity index (χ3n) is 3.88. The Morgan fingerprint density at radius 1 is 0.913 bits per heavy atom. The molecule has 0 N–H and O–H groups in total.